The van der Waals surface area contributed by atoms with Crippen LogP contribution in [0.25, 0.3) is 0 Å². The van der Waals surface area contributed by atoms with E-state index in [1.165, 1.54) is 6.92 Å². The number of fused-ring (bicyclic) bond motifs is 1. The van der Waals surface area contributed by atoms with E-state index < -0.39 is 0 Å². The molecule has 1 saturated heterocycles. The van der Waals surface area contributed by atoms with Crippen molar-refractivity contribution in [3.05, 3.63) is 33.7 Å². The lowest BCUT2D eigenvalue weighted by atomic mass is 9.78. The van der Waals surface area contributed by atoms with Gasteiger partial charge in [-0.1, -0.05) is 0 Å². The Kier molecular flexibility index (Phi) is 5.42. The van der Waals surface area contributed by atoms with E-state index in [9.17, 15) is 14.4 Å². The van der Waals surface area contributed by atoms with Crippen LogP contribution in [0.1, 0.15) is 55.6 Å². The molecule has 1 aliphatic heterocycles. The molecule has 3 rings (SSSR count). The molecule has 1 N–H and O–H groups in total. The molecule has 0 bridgehead atoms. The Balaban J connectivity index is 1.91. The lowest BCUT2D eigenvalue weighted by Gasteiger charge is -2.43. The molecule has 7 heteroatoms. The van der Waals surface area contributed by atoms with Crippen LogP contribution in [0.15, 0.2) is 16.9 Å². The standard InChI is InChI=1S/C20H29N3O4/c1-5-22-13(2)6-7-16(18(22)25)19(26)23-11-10-20(27-4)9-8-15(12-17(20)23)21-14(3)24/h6-7,15,17H,5,8-12H2,1-4H3,(H,21,24)/t15-,17+,20-/m1/s1. The second-order valence-corrected chi connectivity index (χ2v) is 7.64. The Bertz CT molecular complexity index is 803. The van der Waals surface area contributed by atoms with E-state index in [2.05, 4.69) is 5.32 Å². The van der Waals surface area contributed by atoms with Gasteiger partial charge in [-0.2, -0.15) is 0 Å². The highest BCUT2D eigenvalue weighted by atomic mass is 16.5. The fourth-order valence-electron chi connectivity index (χ4n) is 4.74. The van der Waals surface area contributed by atoms with Crippen LogP contribution in [0.3, 0.4) is 0 Å². The van der Waals surface area contributed by atoms with Crippen LogP contribution in [0.5, 0.6) is 0 Å². The van der Waals surface area contributed by atoms with Crippen LogP contribution in [0.4, 0.5) is 0 Å². The summed E-state index contributed by atoms with van der Waals surface area (Å²) in [6.45, 7) is 6.36. The number of pyridine rings is 1. The summed E-state index contributed by atoms with van der Waals surface area (Å²) in [6, 6.07) is 3.33. The summed E-state index contributed by atoms with van der Waals surface area (Å²) in [4.78, 5) is 39.3. The average Bonchev–Trinajstić information content (AvgIpc) is 3.00. The van der Waals surface area contributed by atoms with Gasteiger partial charge in [-0.15, -0.1) is 0 Å². The highest BCUT2D eigenvalue weighted by Crippen LogP contribution is 2.42. The minimum Gasteiger partial charge on any atom is -0.376 e. The molecule has 0 spiro atoms. The van der Waals surface area contributed by atoms with Crippen molar-refractivity contribution in [2.75, 3.05) is 13.7 Å². The number of likely N-dealkylation sites (tertiary alicyclic amines) is 1. The number of hydrogen-bond donors (Lipinski definition) is 1. The zero-order chi connectivity index (χ0) is 19.8. The quantitative estimate of drug-likeness (QED) is 0.864. The summed E-state index contributed by atoms with van der Waals surface area (Å²) in [5, 5.41) is 2.97. The van der Waals surface area contributed by atoms with Gasteiger partial charge < -0.3 is 19.5 Å². The van der Waals surface area contributed by atoms with Gasteiger partial charge in [-0.05, 0) is 51.7 Å². The molecule has 1 aromatic rings. The number of aryl methyl sites for hydroxylation is 1. The number of carbonyl (C=O) groups is 2. The lowest BCUT2D eigenvalue weighted by Crippen LogP contribution is -2.56. The fourth-order valence-corrected chi connectivity index (χ4v) is 4.74. The van der Waals surface area contributed by atoms with Crippen LogP contribution in [-0.2, 0) is 16.1 Å². The number of hydrogen-bond acceptors (Lipinski definition) is 4. The first kappa shape index (κ1) is 19.6. The Morgan fingerprint density at radius 3 is 2.70 bits per heavy atom. The minimum absolute atomic E-state index is 0.0227. The molecule has 2 amide bonds. The number of rotatable bonds is 4. The van der Waals surface area contributed by atoms with Crippen molar-refractivity contribution in [1.29, 1.82) is 0 Å². The fraction of sp³-hybridized carbons (Fsp3) is 0.650. The van der Waals surface area contributed by atoms with Crippen LogP contribution < -0.4 is 10.9 Å². The largest absolute Gasteiger partial charge is 0.376 e. The number of nitrogens with one attached hydrogen (secondary N) is 1. The van der Waals surface area contributed by atoms with Crippen molar-refractivity contribution in [2.45, 2.75) is 70.7 Å². The van der Waals surface area contributed by atoms with Gasteiger partial charge in [-0.25, -0.2) is 0 Å². The summed E-state index contributed by atoms with van der Waals surface area (Å²) < 4.78 is 7.50. The van der Waals surface area contributed by atoms with Crippen LogP contribution in [-0.4, -0.2) is 52.6 Å². The first-order valence-corrected chi connectivity index (χ1v) is 9.66. The Morgan fingerprint density at radius 2 is 2.07 bits per heavy atom. The topological polar surface area (TPSA) is 80.6 Å². The SMILES string of the molecule is CCn1c(C)ccc(C(=O)N2CC[C@]3(OC)CC[C@@H](NC(C)=O)C[C@H]23)c1=O. The van der Waals surface area contributed by atoms with Gasteiger partial charge in [0, 0.05) is 38.9 Å². The normalized spacial score (nSPS) is 27.3. The molecule has 2 aliphatic rings. The van der Waals surface area contributed by atoms with Gasteiger partial charge in [0.15, 0.2) is 0 Å². The maximum atomic E-state index is 13.3. The first-order valence-electron chi connectivity index (χ1n) is 9.66. The van der Waals surface area contributed by atoms with E-state index in [1.54, 1.807) is 22.6 Å². The molecule has 0 radical (unpaired) electrons. The lowest BCUT2D eigenvalue weighted by molar-refractivity contribution is -0.121. The molecule has 0 unspecified atom stereocenters. The second-order valence-electron chi connectivity index (χ2n) is 7.64. The van der Waals surface area contributed by atoms with Crippen molar-refractivity contribution < 1.29 is 14.3 Å². The third-order valence-electron chi connectivity index (χ3n) is 6.20. The summed E-state index contributed by atoms with van der Waals surface area (Å²) in [5.74, 6) is -0.306. The van der Waals surface area contributed by atoms with Gasteiger partial charge in [-0.3, -0.25) is 14.4 Å². The van der Waals surface area contributed by atoms with Gasteiger partial charge >= 0.3 is 0 Å². The number of carbonyl (C=O) groups excluding carboxylic acids is 2. The average molecular weight is 375 g/mol. The smallest absolute Gasteiger partial charge is 0.263 e. The van der Waals surface area contributed by atoms with Crippen molar-refractivity contribution in [1.82, 2.24) is 14.8 Å². The molecule has 1 aromatic heterocycles. The van der Waals surface area contributed by atoms with Crippen molar-refractivity contribution >= 4 is 11.8 Å². The highest BCUT2D eigenvalue weighted by molar-refractivity contribution is 5.94. The zero-order valence-corrected chi connectivity index (χ0v) is 16.6. The number of methoxy groups -OCH3 is 1. The van der Waals surface area contributed by atoms with Gasteiger partial charge in [0.2, 0.25) is 5.91 Å². The molecule has 1 saturated carbocycles. The molecule has 0 aromatic carbocycles. The molecular weight excluding hydrogens is 346 g/mol. The number of ether oxygens (including phenoxy) is 1. The minimum atomic E-state index is -0.390. The van der Waals surface area contributed by atoms with E-state index in [0.717, 1.165) is 25.0 Å². The molecule has 2 fully saturated rings. The molecular formula is C20H29N3O4. The first-order chi connectivity index (χ1) is 12.8. The molecule has 148 valence electrons. The highest BCUT2D eigenvalue weighted by Gasteiger charge is 2.52. The number of nitrogens with zero attached hydrogens (tertiary/aromatic N) is 2. The van der Waals surface area contributed by atoms with Crippen LogP contribution in [0, 0.1) is 6.92 Å². The predicted octanol–water partition coefficient (Wildman–Crippen LogP) is 1.46. The summed E-state index contributed by atoms with van der Waals surface area (Å²) >= 11 is 0. The van der Waals surface area contributed by atoms with E-state index in [-0.39, 0.29) is 40.6 Å². The van der Waals surface area contributed by atoms with Crippen molar-refractivity contribution in [2.24, 2.45) is 0 Å². The maximum absolute atomic E-state index is 13.3. The second kappa shape index (κ2) is 7.46. The van der Waals surface area contributed by atoms with E-state index in [1.807, 2.05) is 19.9 Å². The monoisotopic (exact) mass is 375 g/mol. The van der Waals surface area contributed by atoms with Crippen LogP contribution >= 0.6 is 0 Å². The number of amides is 2. The molecule has 1 aliphatic carbocycles. The molecule has 2 heterocycles. The predicted molar refractivity (Wildman–Crippen MR) is 102 cm³/mol. The van der Waals surface area contributed by atoms with Gasteiger partial charge in [0.1, 0.15) is 5.56 Å². The summed E-state index contributed by atoms with van der Waals surface area (Å²) in [7, 11) is 1.69. The third kappa shape index (κ3) is 3.40. The Labute approximate surface area is 159 Å². The Morgan fingerprint density at radius 1 is 1.33 bits per heavy atom. The number of aromatic nitrogens is 1. The zero-order valence-electron chi connectivity index (χ0n) is 16.6. The maximum Gasteiger partial charge on any atom is 0.263 e. The molecule has 7 nitrogen and oxygen atoms in total. The van der Waals surface area contributed by atoms with E-state index >= 15 is 0 Å². The van der Waals surface area contributed by atoms with Crippen LogP contribution in [0.2, 0.25) is 0 Å². The van der Waals surface area contributed by atoms with Gasteiger partial charge in [0.25, 0.3) is 11.5 Å². The molecule has 27 heavy (non-hydrogen) atoms. The third-order valence-corrected chi connectivity index (χ3v) is 6.20. The van der Waals surface area contributed by atoms with Gasteiger partial charge in [0.05, 0.1) is 11.6 Å². The Hall–Kier alpha value is -2.15. The molecule has 3 atom stereocenters. The summed E-state index contributed by atoms with van der Waals surface area (Å²) in [5.41, 5.74) is 0.414. The van der Waals surface area contributed by atoms with Crippen molar-refractivity contribution in [3.63, 3.8) is 0 Å². The van der Waals surface area contributed by atoms with E-state index in [4.69, 9.17) is 4.74 Å². The summed E-state index contributed by atoms with van der Waals surface area (Å²) in [6.07, 6.45) is 3.02. The van der Waals surface area contributed by atoms with E-state index in [0.29, 0.717) is 19.5 Å². The van der Waals surface area contributed by atoms with Crippen molar-refractivity contribution in [3.8, 4) is 0 Å².